The Hall–Kier alpha value is -1.11. The van der Waals surface area contributed by atoms with Crippen molar-refractivity contribution >= 4 is 40.3 Å². The van der Waals surface area contributed by atoms with Crippen molar-refractivity contribution in [2.75, 3.05) is 13.2 Å². The van der Waals surface area contributed by atoms with Gasteiger partial charge in [0.15, 0.2) is 0 Å². The average molecular weight is 295 g/mol. The van der Waals surface area contributed by atoms with Gasteiger partial charge in [-0.2, -0.15) is 0 Å². The van der Waals surface area contributed by atoms with Crippen molar-refractivity contribution in [2.24, 2.45) is 0 Å². The van der Waals surface area contributed by atoms with E-state index in [2.05, 4.69) is 0 Å². The third-order valence-electron chi connectivity index (χ3n) is 3.10. The van der Waals surface area contributed by atoms with Crippen LogP contribution in [0.25, 0.3) is 6.08 Å². The lowest BCUT2D eigenvalue weighted by Gasteiger charge is -2.16. The summed E-state index contributed by atoms with van der Waals surface area (Å²) in [6.45, 7) is 1.11. The van der Waals surface area contributed by atoms with Gasteiger partial charge in [-0.15, -0.1) is 11.3 Å². The van der Waals surface area contributed by atoms with E-state index in [4.69, 9.17) is 4.74 Å². The zero-order valence-electron chi connectivity index (χ0n) is 10.2. The highest BCUT2D eigenvalue weighted by molar-refractivity contribution is 8.18. The number of nitrogens with zero attached hydrogens (tertiary/aromatic N) is 1. The summed E-state index contributed by atoms with van der Waals surface area (Å²) in [4.78, 5) is 26.9. The second-order valence-corrected chi connectivity index (χ2v) is 6.42. The standard InChI is InChI=1S/C13H13NO3S2/c15-12-11(7-10-4-2-6-18-10)19-13(16)14(12)8-9-3-1-5-17-9/h2,4,6-7,9H,1,3,5,8H2/b11-7-. The Kier molecular flexibility index (Phi) is 3.72. The van der Waals surface area contributed by atoms with Crippen LogP contribution in [0.4, 0.5) is 4.79 Å². The summed E-state index contributed by atoms with van der Waals surface area (Å²) in [7, 11) is 0. The molecular weight excluding hydrogens is 282 g/mol. The van der Waals surface area contributed by atoms with Gasteiger partial charge >= 0.3 is 0 Å². The van der Waals surface area contributed by atoms with Gasteiger partial charge in [0.05, 0.1) is 17.6 Å². The van der Waals surface area contributed by atoms with Crippen LogP contribution in [0.3, 0.4) is 0 Å². The van der Waals surface area contributed by atoms with Gasteiger partial charge in [0.2, 0.25) is 0 Å². The van der Waals surface area contributed by atoms with Gasteiger partial charge in [-0.3, -0.25) is 14.5 Å². The molecule has 0 aliphatic carbocycles. The first-order chi connectivity index (χ1) is 9.24. The van der Waals surface area contributed by atoms with Crippen molar-refractivity contribution in [3.63, 3.8) is 0 Å². The Balaban J connectivity index is 1.73. The van der Waals surface area contributed by atoms with Crippen LogP contribution in [0, 0.1) is 0 Å². The van der Waals surface area contributed by atoms with E-state index in [9.17, 15) is 9.59 Å². The number of carbonyl (C=O) groups is 2. The van der Waals surface area contributed by atoms with Gasteiger partial charge in [0, 0.05) is 11.5 Å². The topological polar surface area (TPSA) is 46.6 Å². The summed E-state index contributed by atoms with van der Waals surface area (Å²) in [6, 6.07) is 3.85. The molecule has 1 atom stereocenters. The number of thiophene rings is 1. The number of carbonyl (C=O) groups excluding carboxylic acids is 2. The molecule has 1 aromatic rings. The van der Waals surface area contributed by atoms with Crippen LogP contribution in [0.15, 0.2) is 22.4 Å². The molecule has 19 heavy (non-hydrogen) atoms. The van der Waals surface area contributed by atoms with Crippen LogP contribution in [0.2, 0.25) is 0 Å². The highest BCUT2D eigenvalue weighted by Crippen LogP contribution is 2.33. The molecular formula is C13H13NO3S2. The first-order valence-electron chi connectivity index (χ1n) is 6.14. The molecule has 0 N–H and O–H groups in total. The Labute approximate surface area is 119 Å². The lowest BCUT2D eigenvalue weighted by atomic mass is 10.2. The van der Waals surface area contributed by atoms with Gasteiger partial charge in [-0.25, -0.2) is 0 Å². The molecule has 1 aromatic heterocycles. The quantitative estimate of drug-likeness (QED) is 0.804. The summed E-state index contributed by atoms with van der Waals surface area (Å²) in [6.07, 6.45) is 3.72. The maximum absolute atomic E-state index is 12.2. The van der Waals surface area contributed by atoms with Crippen molar-refractivity contribution in [3.05, 3.63) is 27.3 Å². The first-order valence-corrected chi connectivity index (χ1v) is 7.84. The van der Waals surface area contributed by atoms with Gasteiger partial charge in [-0.05, 0) is 42.1 Å². The lowest BCUT2D eigenvalue weighted by Crippen LogP contribution is -2.35. The molecule has 2 saturated heterocycles. The normalized spacial score (nSPS) is 25.8. The van der Waals surface area contributed by atoms with E-state index in [1.165, 1.54) is 4.90 Å². The summed E-state index contributed by atoms with van der Waals surface area (Å²) in [5.41, 5.74) is 0. The summed E-state index contributed by atoms with van der Waals surface area (Å²) in [5.74, 6) is -0.195. The zero-order chi connectivity index (χ0) is 13.2. The van der Waals surface area contributed by atoms with Gasteiger partial charge in [0.25, 0.3) is 11.1 Å². The Morgan fingerprint density at radius 2 is 2.37 bits per heavy atom. The predicted octanol–water partition coefficient (Wildman–Crippen LogP) is 2.96. The molecule has 2 aliphatic heterocycles. The summed E-state index contributed by atoms with van der Waals surface area (Å²) in [5, 5.41) is 1.76. The van der Waals surface area contributed by atoms with E-state index in [0.717, 1.165) is 36.1 Å². The van der Waals surface area contributed by atoms with Crippen molar-refractivity contribution in [1.29, 1.82) is 0 Å². The van der Waals surface area contributed by atoms with Crippen LogP contribution < -0.4 is 0 Å². The number of ether oxygens (including phenoxy) is 1. The fourth-order valence-electron chi connectivity index (χ4n) is 2.15. The number of thioether (sulfide) groups is 1. The largest absolute Gasteiger partial charge is 0.376 e. The van der Waals surface area contributed by atoms with Crippen molar-refractivity contribution < 1.29 is 14.3 Å². The molecule has 0 aromatic carbocycles. The molecule has 0 radical (unpaired) electrons. The van der Waals surface area contributed by atoms with E-state index in [1.54, 1.807) is 17.4 Å². The van der Waals surface area contributed by atoms with Crippen LogP contribution in [-0.2, 0) is 9.53 Å². The van der Waals surface area contributed by atoms with E-state index in [1.807, 2.05) is 17.5 Å². The Bertz CT molecular complexity index is 518. The highest BCUT2D eigenvalue weighted by Gasteiger charge is 2.37. The third kappa shape index (κ3) is 2.75. The number of imide groups is 1. The molecule has 0 bridgehead atoms. The second kappa shape index (κ2) is 5.48. The lowest BCUT2D eigenvalue weighted by molar-refractivity contribution is -0.123. The minimum atomic E-state index is -0.195. The molecule has 0 saturated carbocycles. The molecule has 1 unspecified atom stereocenters. The molecule has 2 aliphatic rings. The Morgan fingerprint density at radius 3 is 3.05 bits per heavy atom. The van der Waals surface area contributed by atoms with Gasteiger partial charge in [-0.1, -0.05) is 6.07 Å². The molecule has 2 fully saturated rings. The van der Waals surface area contributed by atoms with Crippen LogP contribution >= 0.6 is 23.1 Å². The average Bonchev–Trinajstić information content (AvgIpc) is 3.10. The van der Waals surface area contributed by atoms with Gasteiger partial charge < -0.3 is 4.74 Å². The van der Waals surface area contributed by atoms with Crippen LogP contribution in [0.1, 0.15) is 17.7 Å². The van der Waals surface area contributed by atoms with Crippen molar-refractivity contribution in [2.45, 2.75) is 18.9 Å². The highest BCUT2D eigenvalue weighted by atomic mass is 32.2. The van der Waals surface area contributed by atoms with Gasteiger partial charge in [0.1, 0.15) is 0 Å². The number of hydrogen-bond acceptors (Lipinski definition) is 5. The molecule has 6 heteroatoms. The smallest absolute Gasteiger partial charge is 0.293 e. The monoisotopic (exact) mass is 295 g/mol. The van der Waals surface area contributed by atoms with Crippen molar-refractivity contribution in [3.8, 4) is 0 Å². The predicted molar refractivity (Wildman–Crippen MR) is 76.0 cm³/mol. The minimum absolute atomic E-state index is 0.00888. The maximum atomic E-state index is 12.2. The molecule has 100 valence electrons. The molecule has 3 heterocycles. The number of hydrogen-bond donors (Lipinski definition) is 0. The first kappa shape index (κ1) is 12.9. The molecule has 0 spiro atoms. The molecule has 3 rings (SSSR count). The summed E-state index contributed by atoms with van der Waals surface area (Å²) >= 11 is 2.56. The third-order valence-corrected chi connectivity index (χ3v) is 4.83. The zero-order valence-corrected chi connectivity index (χ0v) is 11.8. The minimum Gasteiger partial charge on any atom is -0.376 e. The fourth-order valence-corrected chi connectivity index (χ4v) is 3.72. The molecule has 2 amide bonds. The Morgan fingerprint density at radius 1 is 1.47 bits per heavy atom. The summed E-state index contributed by atoms with van der Waals surface area (Å²) < 4.78 is 5.48. The number of amides is 2. The molecule has 4 nitrogen and oxygen atoms in total. The SMILES string of the molecule is O=C1S/C(=C\c2cccs2)C(=O)N1CC1CCCO1. The van der Waals surface area contributed by atoms with E-state index in [-0.39, 0.29) is 17.3 Å². The van der Waals surface area contributed by atoms with Crippen LogP contribution in [-0.4, -0.2) is 35.3 Å². The second-order valence-electron chi connectivity index (χ2n) is 4.44. The van der Waals surface area contributed by atoms with E-state index in [0.29, 0.717) is 11.4 Å². The van der Waals surface area contributed by atoms with Crippen molar-refractivity contribution in [1.82, 2.24) is 4.90 Å². The maximum Gasteiger partial charge on any atom is 0.293 e. The fraction of sp³-hybridized carbons (Fsp3) is 0.385. The van der Waals surface area contributed by atoms with Crippen LogP contribution in [0.5, 0.6) is 0 Å². The van der Waals surface area contributed by atoms with E-state index < -0.39 is 0 Å². The number of rotatable bonds is 3. The van der Waals surface area contributed by atoms with E-state index >= 15 is 0 Å².